The van der Waals surface area contributed by atoms with Crippen LogP contribution < -0.4 is 10.6 Å². The van der Waals surface area contributed by atoms with Gasteiger partial charge in [-0.15, -0.1) is 0 Å². The summed E-state index contributed by atoms with van der Waals surface area (Å²) >= 11 is 0. The molecule has 2 saturated heterocycles. The predicted octanol–water partition coefficient (Wildman–Crippen LogP) is 5.05. The molecule has 0 atom stereocenters. The summed E-state index contributed by atoms with van der Waals surface area (Å²) in [6.07, 6.45) is 5.31. The van der Waals surface area contributed by atoms with Crippen molar-refractivity contribution in [3.05, 3.63) is 65.9 Å². The SMILES string of the molecule is Cc1cc(Nc2nc(Nc3ccc(S(=O)(=O)N4CCC(CN5CCCC5)CC4)cc3)ncc2F)ccc1F. The quantitative estimate of drug-likeness (QED) is 0.412. The molecule has 11 heteroatoms. The van der Waals surface area contributed by atoms with Gasteiger partial charge in [0.15, 0.2) is 11.6 Å². The van der Waals surface area contributed by atoms with Crippen molar-refractivity contribution < 1.29 is 17.2 Å². The largest absolute Gasteiger partial charge is 0.338 e. The first kappa shape index (κ1) is 26.5. The van der Waals surface area contributed by atoms with E-state index in [2.05, 4.69) is 25.5 Å². The summed E-state index contributed by atoms with van der Waals surface area (Å²) in [5, 5.41) is 5.81. The normalized spacial score (nSPS) is 17.6. The van der Waals surface area contributed by atoms with Crippen LogP contribution >= 0.6 is 0 Å². The van der Waals surface area contributed by atoms with Gasteiger partial charge >= 0.3 is 0 Å². The van der Waals surface area contributed by atoms with Gasteiger partial charge in [0.1, 0.15) is 5.82 Å². The lowest BCUT2D eigenvalue weighted by atomic mass is 9.98. The number of aromatic nitrogens is 2. The molecule has 2 N–H and O–H groups in total. The van der Waals surface area contributed by atoms with E-state index in [0.717, 1.165) is 38.7 Å². The molecular formula is C27H32F2N6O2S. The van der Waals surface area contributed by atoms with Gasteiger partial charge in [0.05, 0.1) is 11.1 Å². The first-order valence-corrected chi connectivity index (χ1v) is 14.4. The van der Waals surface area contributed by atoms with Crippen molar-refractivity contribution >= 4 is 33.2 Å². The van der Waals surface area contributed by atoms with Gasteiger partial charge in [0.25, 0.3) is 0 Å². The minimum atomic E-state index is -3.58. The molecule has 0 amide bonds. The highest BCUT2D eigenvalue weighted by Gasteiger charge is 2.30. The van der Waals surface area contributed by atoms with E-state index in [0.29, 0.717) is 35.9 Å². The zero-order valence-electron chi connectivity index (χ0n) is 21.3. The molecule has 0 aliphatic carbocycles. The topological polar surface area (TPSA) is 90.5 Å². The summed E-state index contributed by atoms with van der Waals surface area (Å²) in [6, 6.07) is 10.7. The molecule has 38 heavy (non-hydrogen) atoms. The third-order valence-corrected chi connectivity index (χ3v) is 9.11. The van der Waals surface area contributed by atoms with Gasteiger partial charge in [-0.25, -0.2) is 22.2 Å². The van der Waals surface area contributed by atoms with Crippen LogP contribution in [0.2, 0.25) is 0 Å². The minimum Gasteiger partial charge on any atom is -0.338 e. The molecule has 3 aromatic rings. The van der Waals surface area contributed by atoms with Gasteiger partial charge in [-0.1, -0.05) is 0 Å². The lowest BCUT2D eigenvalue weighted by Crippen LogP contribution is -2.41. The van der Waals surface area contributed by atoms with Crippen LogP contribution in [0.1, 0.15) is 31.2 Å². The smallest absolute Gasteiger partial charge is 0.243 e. The Morgan fingerprint density at radius 1 is 0.921 bits per heavy atom. The number of rotatable bonds is 8. The van der Waals surface area contributed by atoms with Crippen molar-refractivity contribution in [2.24, 2.45) is 5.92 Å². The lowest BCUT2D eigenvalue weighted by Gasteiger charge is -2.33. The van der Waals surface area contributed by atoms with Crippen molar-refractivity contribution in [3.8, 4) is 0 Å². The second-order valence-corrected chi connectivity index (χ2v) is 11.9. The Bertz CT molecular complexity index is 1370. The van der Waals surface area contributed by atoms with E-state index >= 15 is 0 Å². The number of nitrogens with zero attached hydrogens (tertiary/aromatic N) is 4. The van der Waals surface area contributed by atoms with Crippen molar-refractivity contribution in [2.75, 3.05) is 43.4 Å². The Kier molecular flexibility index (Phi) is 7.87. The van der Waals surface area contributed by atoms with E-state index < -0.39 is 15.8 Å². The number of benzene rings is 2. The summed E-state index contributed by atoms with van der Waals surface area (Å²) in [7, 11) is -3.58. The van der Waals surface area contributed by atoms with Crippen LogP contribution in [0.3, 0.4) is 0 Å². The summed E-state index contributed by atoms with van der Waals surface area (Å²) < 4.78 is 55.8. The Morgan fingerprint density at radius 3 is 2.29 bits per heavy atom. The predicted molar refractivity (Wildman–Crippen MR) is 143 cm³/mol. The summed E-state index contributed by atoms with van der Waals surface area (Å²) in [6.45, 7) is 6.08. The van der Waals surface area contributed by atoms with E-state index in [-0.39, 0.29) is 22.5 Å². The third-order valence-electron chi connectivity index (χ3n) is 7.20. The average molecular weight is 543 g/mol. The first-order chi connectivity index (χ1) is 18.3. The molecule has 1 aromatic heterocycles. The molecule has 2 aliphatic rings. The second-order valence-electron chi connectivity index (χ2n) is 9.98. The highest BCUT2D eigenvalue weighted by molar-refractivity contribution is 7.89. The fraction of sp³-hybridized carbons (Fsp3) is 0.407. The van der Waals surface area contributed by atoms with Gasteiger partial charge in [0, 0.05) is 31.0 Å². The number of sulfonamides is 1. The van der Waals surface area contributed by atoms with Crippen LogP contribution in [-0.4, -0.2) is 60.3 Å². The fourth-order valence-corrected chi connectivity index (χ4v) is 6.49. The molecule has 2 aliphatic heterocycles. The molecular weight excluding hydrogens is 510 g/mol. The molecule has 0 radical (unpaired) electrons. The molecule has 0 spiro atoms. The number of anilines is 4. The zero-order valence-corrected chi connectivity index (χ0v) is 22.1. The molecule has 3 heterocycles. The number of hydrogen-bond acceptors (Lipinski definition) is 7. The maximum atomic E-state index is 14.3. The van der Waals surface area contributed by atoms with E-state index in [4.69, 9.17) is 0 Å². The fourth-order valence-electron chi connectivity index (χ4n) is 5.03. The molecule has 202 valence electrons. The van der Waals surface area contributed by atoms with Gasteiger partial charge in [-0.2, -0.15) is 9.29 Å². The monoisotopic (exact) mass is 542 g/mol. The highest BCUT2D eigenvalue weighted by atomic mass is 32.2. The Hall–Kier alpha value is -3.15. The number of aryl methyl sites for hydroxylation is 1. The molecule has 0 bridgehead atoms. The van der Waals surface area contributed by atoms with E-state index in [1.165, 1.54) is 25.0 Å². The van der Waals surface area contributed by atoms with Gasteiger partial charge in [0.2, 0.25) is 16.0 Å². The Labute approximate surface area is 222 Å². The molecule has 2 aromatic carbocycles. The average Bonchev–Trinajstić information content (AvgIpc) is 3.42. The zero-order chi connectivity index (χ0) is 26.7. The molecule has 5 rings (SSSR count). The van der Waals surface area contributed by atoms with Gasteiger partial charge in [-0.05, 0) is 99.6 Å². The number of piperidine rings is 1. The van der Waals surface area contributed by atoms with Crippen LogP contribution in [0, 0.1) is 24.5 Å². The third kappa shape index (κ3) is 6.11. The van der Waals surface area contributed by atoms with Crippen molar-refractivity contribution in [3.63, 3.8) is 0 Å². The minimum absolute atomic E-state index is 0.0687. The first-order valence-electron chi connectivity index (χ1n) is 12.9. The lowest BCUT2D eigenvalue weighted by molar-refractivity contribution is 0.206. The number of hydrogen-bond donors (Lipinski definition) is 2. The molecule has 8 nitrogen and oxygen atoms in total. The van der Waals surface area contributed by atoms with E-state index in [1.807, 2.05) is 0 Å². The summed E-state index contributed by atoms with van der Waals surface area (Å²) in [4.78, 5) is 10.9. The highest BCUT2D eigenvalue weighted by Crippen LogP contribution is 2.27. The standard InChI is InChI=1S/C27H32F2N6O2S/c1-19-16-22(6-9-24(19)28)31-26-25(29)17-30-27(33-26)32-21-4-7-23(8-5-21)38(36,37)35-14-10-20(11-15-35)18-34-12-2-3-13-34/h4-9,16-17,20H,2-3,10-15,18H2,1H3,(H2,30,31,32,33). The Balaban J connectivity index is 1.21. The number of halogens is 2. The molecule has 0 unspecified atom stereocenters. The molecule has 0 saturated carbocycles. The van der Waals surface area contributed by atoms with Crippen molar-refractivity contribution in [2.45, 2.75) is 37.5 Å². The molecule has 2 fully saturated rings. The van der Waals surface area contributed by atoms with Crippen LogP contribution in [0.25, 0.3) is 0 Å². The van der Waals surface area contributed by atoms with Crippen LogP contribution in [0.4, 0.5) is 31.9 Å². The van der Waals surface area contributed by atoms with Gasteiger partial charge in [-0.3, -0.25) is 0 Å². The Morgan fingerprint density at radius 2 is 1.61 bits per heavy atom. The van der Waals surface area contributed by atoms with Crippen LogP contribution in [0.5, 0.6) is 0 Å². The van der Waals surface area contributed by atoms with E-state index in [1.54, 1.807) is 41.6 Å². The van der Waals surface area contributed by atoms with Crippen molar-refractivity contribution in [1.82, 2.24) is 19.2 Å². The summed E-state index contributed by atoms with van der Waals surface area (Å²) in [5.74, 6) is -0.408. The maximum absolute atomic E-state index is 14.3. The second kappa shape index (κ2) is 11.3. The number of likely N-dealkylation sites (tertiary alicyclic amines) is 1. The summed E-state index contributed by atoms with van der Waals surface area (Å²) in [5.41, 5.74) is 1.47. The van der Waals surface area contributed by atoms with E-state index in [9.17, 15) is 17.2 Å². The van der Waals surface area contributed by atoms with Crippen LogP contribution in [0.15, 0.2) is 53.6 Å². The maximum Gasteiger partial charge on any atom is 0.243 e. The van der Waals surface area contributed by atoms with Crippen LogP contribution in [-0.2, 0) is 10.0 Å². The number of nitrogens with one attached hydrogen (secondary N) is 2. The van der Waals surface area contributed by atoms with Crippen molar-refractivity contribution in [1.29, 1.82) is 0 Å². The van der Waals surface area contributed by atoms with Gasteiger partial charge < -0.3 is 15.5 Å².